The molecule has 7 nitrogen and oxygen atoms in total. The molecular weight excluding hydrogens is 266 g/mol. The number of carbonyl (C=O) groups is 1. The first-order valence-electron chi connectivity index (χ1n) is 5.78. The Kier molecular flexibility index (Phi) is 3.61. The van der Waals surface area contributed by atoms with Gasteiger partial charge in [0, 0.05) is 6.20 Å². The monoisotopic (exact) mass is 281 g/mol. The van der Waals surface area contributed by atoms with Crippen LogP contribution in [0.2, 0.25) is 0 Å². The van der Waals surface area contributed by atoms with Crippen LogP contribution in [-0.2, 0) is 4.79 Å². The minimum Gasteiger partial charge on any atom is -0.481 e. The Bertz CT molecular complexity index is 558. The summed E-state index contributed by atoms with van der Waals surface area (Å²) in [6.45, 7) is 5.91. The summed E-state index contributed by atoms with van der Waals surface area (Å²) in [5.41, 5.74) is 1.42. The highest BCUT2D eigenvalue weighted by molar-refractivity contribution is 7.13. The fraction of sp³-hybridized carbons (Fsp3) is 0.545. The standard InChI is InChI=1S/C11H15N5O2S/c1-11(2,3)8(4-9(17)18)16-10(13-14-15-16)7-5-12-6-19-7/h5-6,8H,4H2,1-3H3,(H,17,18). The molecule has 0 amide bonds. The third-order valence-electron chi connectivity index (χ3n) is 2.81. The number of hydrogen-bond donors (Lipinski definition) is 1. The van der Waals surface area contributed by atoms with Gasteiger partial charge in [0.1, 0.15) is 0 Å². The lowest BCUT2D eigenvalue weighted by Gasteiger charge is -2.29. The summed E-state index contributed by atoms with van der Waals surface area (Å²) >= 11 is 1.42. The summed E-state index contributed by atoms with van der Waals surface area (Å²) in [5.74, 6) is -0.311. The molecule has 0 radical (unpaired) electrons. The maximum absolute atomic E-state index is 11.1. The molecule has 2 aromatic rings. The minimum atomic E-state index is -0.870. The average Bonchev–Trinajstić information content (AvgIpc) is 2.94. The van der Waals surface area contributed by atoms with Gasteiger partial charge in [-0.1, -0.05) is 20.8 Å². The zero-order valence-corrected chi connectivity index (χ0v) is 11.8. The molecule has 0 fully saturated rings. The molecule has 2 rings (SSSR count). The van der Waals surface area contributed by atoms with Gasteiger partial charge in [0.2, 0.25) is 0 Å². The van der Waals surface area contributed by atoms with Gasteiger partial charge in [-0.25, -0.2) is 4.68 Å². The van der Waals surface area contributed by atoms with Crippen LogP contribution in [0.5, 0.6) is 0 Å². The molecule has 0 bridgehead atoms. The van der Waals surface area contributed by atoms with E-state index in [1.165, 1.54) is 11.3 Å². The third kappa shape index (κ3) is 2.95. The highest BCUT2D eigenvalue weighted by atomic mass is 32.1. The second-order valence-electron chi connectivity index (χ2n) is 5.29. The lowest BCUT2D eigenvalue weighted by molar-refractivity contribution is -0.138. The van der Waals surface area contributed by atoms with Crippen LogP contribution in [0.25, 0.3) is 10.7 Å². The van der Waals surface area contributed by atoms with E-state index in [1.807, 2.05) is 20.8 Å². The van der Waals surface area contributed by atoms with E-state index in [4.69, 9.17) is 5.11 Å². The lowest BCUT2D eigenvalue weighted by atomic mass is 9.85. The van der Waals surface area contributed by atoms with Gasteiger partial charge in [-0.3, -0.25) is 9.78 Å². The Balaban J connectivity index is 2.43. The molecule has 0 aliphatic rings. The van der Waals surface area contributed by atoms with Crippen molar-refractivity contribution in [2.24, 2.45) is 5.41 Å². The third-order valence-corrected chi connectivity index (χ3v) is 3.58. The first-order valence-corrected chi connectivity index (χ1v) is 6.66. The van der Waals surface area contributed by atoms with Crippen molar-refractivity contribution in [3.05, 3.63) is 11.7 Å². The molecule has 2 heterocycles. The van der Waals surface area contributed by atoms with Crippen molar-refractivity contribution >= 4 is 17.3 Å². The predicted molar refractivity (Wildman–Crippen MR) is 69.7 cm³/mol. The number of aromatic nitrogens is 5. The normalized spacial score (nSPS) is 13.4. The quantitative estimate of drug-likeness (QED) is 0.919. The Morgan fingerprint density at radius 2 is 2.26 bits per heavy atom. The molecule has 1 unspecified atom stereocenters. The van der Waals surface area contributed by atoms with Crippen molar-refractivity contribution < 1.29 is 9.90 Å². The summed E-state index contributed by atoms with van der Waals surface area (Å²) in [4.78, 5) is 15.9. The fourth-order valence-electron chi connectivity index (χ4n) is 1.82. The van der Waals surface area contributed by atoms with E-state index in [0.717, 1.165) is 4.88 Å². The van der Waals surface area contributed by atoms with Crippen LogP contribution in [0, 0.1) is 5.41 Å². The summed E-state index contributed by atoms with van der Waals surface area (Å²) in [6, 6.07) is -0.322. The van der Waals surface area contributed by atoms with Gasteiger partial charge in [-0.05, 0) is 15.8 Å². The zero-order chi connectivity index (χ0) is 14.0. The second kappa shape index (κ2) is 5.04. The number of rotatable bonds is 4. The molecule has 19 heavy (non-hydrogen) atoms. The smallest absolute Gasteiger partial charge is 0.305 e. The van der Waals surface area contributed by atoms with Gasteiger partial charge >= 0.3 is 5.97 Å². The number of thiazole rings is 1. The molecule has 1 N–H and O–H groups in total. The molecule has 0 aliphatic carbocycles. The van der Waals surface area contributed by atoms with Crippen molar-refractivity contribution in [3.8, 4) is 10.7 Å². The van der Waals surface area contributed by atoms with Crippen LogP contribution in [0.1, 0.15) is 33.2 Å². The van der Waals surface area contributed by atoms with Crippen molar-refractivity contribution in [2.45, 2.75) is 33.2 Å². The SMILES string of the molecule is CC(C)(C)C(CC(=O)O)n1nnnc1-c1cncs1. The van der Waals surface area contributed by atoms with Crippen molar-refractivity contribution in [1.82, 2.24) is 25.2 Å². The Hall–Kier alpha value is -1.83. The first kappa shape index (κ1) is 13.6. The number of aliphatic carboxylic acids is 1. The van der Waals surface area contributed by atoms with E-state index in [0.29, 0.717) is 5.82 Å². The van der Waals surface area contributed by atoms with Gasteiger partial charge in [0.25, 0.3) is 0 Å². The number of nitrogens with zero attached hydrogens (tertiary/aromatic N) is 5. The summed E-state index contributed by atoms with van der Waals surface area (Å²) in [6.07, 6.45) is 1.65. The van der Waals surface area contributed by atoms with Gasteiger partial charge < -0.3 is 5.11 Å². The highest BCUT2D eigenvalue weighted by Gasteiger charge is 2.32. The average molecular weight is 281 g/mol. The molecule has 0 aliphatic heterocycles. The van der Waals surface area contributed by atoms with E-state index in [2.05, 4.69) is 20.5 Å². The van der Waals surface area contributed by atoms with Crippen LogP contribution in [0.3, 0.4) is 0 Å². The van der Waals surface area contributed by atoms with Crippen molar-refractivity contribution in [3.63, 3.8) is 0 Å². The van der Waals surface area contributed by atoms with Gasteiger partial charge in [0.05, 0.1) is 22.9 Å². The lowest BCUT2D eigenvalue weighted by Crippen LogP contribution is -2.28. The van der Waals surface area contributed by atoms with Crippen LogP contribution in [0.4, 0.5) is 0 Å². The molecular formula is C11H15N5O2S. The summed E-state index contributed by atoms with van der Waals surface area (Å²) < 4.78 is 1.58. The number of hydrogen-bond acceptors (Lipinski definition) is 6. The molecule has 8 heteroatoms. The largest absolute Gasteiger partial charge is 0.481 e. The zero-order valence-electron chi connectivity index (χ0n) is 10.9. The second-order valence-corrected chi connectivity index (χ2v) is 6.18. The minimum absolute atomic E-state index is 0.0274. The molecule has 0 spiro atoms. The molecule has 0 saturated carbocycles. The van der Waals surface area contributed by atoms with Crippen LogP contribution >= 0.6 is 11.3 Å². The van der Waals surface area contributed by atoms with E-state index in [9.17, 15) is 4.79 Å². The van der Waals surface area contributed by atoms with E-state index >= 15 is 0 Å². The molecule has 0 aromatic carbocycles. The van der Waals surface area contributed by atoms with Crippen LogP contribution in [0.15, 0.2) is 11.7 Å². The number of carboxylic acids is 1. The Labute approximate surface area is 114 Å². The van der Waals surface area contributed by atoms with Gasteiger partial charge in [-0.2, -0.15) is 0 Å². The Morgan fingerprint density at radius 3 is 2.79 bits per heavy atom. The van der Waals surface area contributed by atoms with E-state index < -0.39 is 5.97 Å². The highest BCUT2D eigenvalue weighted by Crippen LogP contribution is 2.35. The van der Waals surface area contributed by atoms with Gasteiger partial charge in [-0.15, -0.1) is 16.4 Å². The molecule has 1 atom stereocenters. The molecule has 0 saturated heterocycles. The Morgan fingerprint density at radius 1 is 1.53 bits per heavy atom. The number of tetrazole rings is 1. The fourth-order valence-corrected chi connectivity index (χ4v) is 2.41. The molecule has 102 valence electrons. The van der Waals surface area contributed by atoms with Crippen molar-refractivity contribution in [1.29, 1.82) is 0 Å². The topological polar surface area (TPSA) is 93.8 Å². The predicted octanol–water partition coefficient (Wildman–Crippen LogP) is 1.86. The first-order chi connectivity index (χ1) is 8.89. The van der Waals surface area contributed by atoms with E-state index in [-0.39, 0.29) is 17.9 Å². The van der Waals surface area contributed by atoms with E-state index in [1.54, 1.807) is 16.4 Å². The maximum Gasteiger partial charge on any atom is 0.305 e. The number of carboxylic acid groups (broad SMARTS) is 1. The summed E-state index contributed by atoms with van der Waals surface area (Å²) in [5, 5.41) is 20.7. The van der Waals surface area contributed by atoms with Crippen LogP contribution in [-0.4, -0.2) is 36.3 Å². The van der Waals surface area contributed by atoms with Crippen molar-refractivity contribution in [2.75, 3.05) is 0 Å². The van der Waals surface area contributed by atoms with Gasteiger partial charge in [0.15, 0.2) is 5.82 Å². The van der Waals surface area contributed by atoms with Crippen LogP contribution < -0.4 is 0 Å². The molecule has 2 aromatic heterocycles. The summed E-state index contributed by atoms with van der Waals surface area (Å²) in [7, 11) is 0. The maximum atomic E-state index is 11.1.